The molecule has 1 amide bonds. The molecule has 30 heavy (non-hydrogen) atoms. The molecule has 0 saturated carbocycles. The van der Waals surface area contributed by atoms with E-state index in [1.54, 1.807) is 24.3 Å². The van der Waals surface area contributed by atoms with E-state index in [4.69, 9.17) is 9.47 Å². The number of rotatable bonds is 6. The molecule has 0 aliphatic rings. The Kier molecular flexibility index (Phi) is 6.57. The van der Waals surface area contributed by atoms with Crippen LogP contribution in [0.1, 0.15) is 45.7 Å². The van der Waals surface area contributed by atoms with Gasteiger partial charge < -0.3 is 14.8 Å². The van der Waals surface area contributed by atoms with Gasteiger partial charge in [0, 0.05) is 16.5 Å². The van der Waals surface area contributed by atoms with Crippen molar-refractivity contribution in [3.63, 3.8) is 0 Å². The van der Waals surface area contributed by atoms with Gasteiger partial charge in [-0.25, -0.2) is 4.79 Å². The summed E-state index contributed by atoms with van der Waals surface area (Å²) in [5, 5.41) is 5.20. The van der Waals surface area contributed by atoms with Crippen LogP contribution in [0.2, 0.25) is 0 Å². The first-order chi connectivity index (χ1) is 14.3. The molecule has 0 fully saturated rings. The smallest absolute Gasteiger partial charge is 0.341 e. The molecule has 0 atom stereocenters. The first kappa shape index (κ1) is 21.6. The first-order valence-corrected chi connectivity index (χ1v) is 10.5. The van der Waals surface area contributed by atoms with Gasteiger partial charge in [0.15, 0.2) is 0 Å². The van der Waals surface area contributed by atoms with Gasteiger partial charge in [-0.05, 0) is 57.0 Å². The van der Waals surface area contributed by atoms with Gasteiger partial charge in [0.2, 0.25) is 0 Å². The molecule has 0 bridgehead atoms. The Morgan fingerprint density at radius 1 is 1.03 bits per heavy atom. The molecule has 1 N–H and O–H groups in total. The van der Waals surface area contributed by atoms with Crippen molar-refractivity contribution >= 4 is 28.2 Å². The number of ether oxygens (including phenoxy) is 2. The van der Waals surface area contributed by atoms with E-state index in [2.05, 4.69) is 5.32 Å². The molecule has 0 saturated heterocycles. The summed E-state index contributed by atoms with van der Waals surface area (Å²) in [6.07, 6.45) is 0.00617. The second-order valence-electron chi connectivity index (χ2n) is 7.31. The molecular formula is C24H25NO4S. The summed E-state index contributed by atoms with van der Waals surface area (Å²) in [7, 11) is 1.34. The lowest BCUT2D eigenvalue weighted by Gasteiger charge is -2.12. The van der Waals surface area contributed by atoms with E-state index in [1.165, 1.54) is 18.4 Å². The first-order valence-electron chi connectivity index (χ1n) is 9.65. The van der Waals surface area contributed by atoms with Crippen LogP contribution in [-0.2, 0) is 4.74 Å². The normalized spacial score (nSPS) is 10.7. The number of aryl methyl sites for hydroxylation is 2. The molecule has 1 heterocycles. The lowest BCUT2D eigenvalue weighted by Crippen LogP contribution is -2.14. The Hall–Kier alpha value is -3.12. The van der Waals surface area contributed by atoms with Gasteiger partial charge in [0.25, 0.3) is 5.91 Å². The van der Waals surface area contributed by atoms with Crippen LogP contribution in [0.4, 0.5) is 5.00 Å². The molecule has 0 aliphatic carbocycles. The van der Waals surface area contributed by atoms with E-state index in [-0.39, 0.29) is 12.0 Å². The molecule has 0 unspecified atom stereocenters. The average molecular weight is 424 g/mol. The fraction of sp³-hybridized carbons (Fsp3) is 0.250. The zero-order valence-corrected chi connectivity index (χ0v) is 18.6. The minimum absolute atomic E-state index is 0.00617. The number of hydrogen-bond donors (Lipinski definition) is 1. The molecule has 1 aromatic heterocycles. The summed E-state index contributed by atoms with van der Waals surface area (Å²) in [5.41, 5.74) is 4.63. The van der Waals surface area contributed by atoms with Crippen LogP contribution in [0, 0.1) is 13.8 Å². The molecule has 0 radical (unpaired) electrons. The lowest BCUT2D eigenvalue weighted by molar-refractivity contribution is 0.0603. The van der Waals surface area contributed by atoms with Gasteiger partial charge in [-0.2, -0.15) is 0 Å². The highest BCUT2D eigenvalue weighted by atomic mass is 32.1. The van der Waals surface area contributed by atoms with Crippen molar-refractivity contribution < 1.29 is 19.1 Å². The highest BCUT2D eigenvalue weighted by Gasteiger charge is 2.23. The van der Waals surface area contributed by atoms with Crippen molar-refractivity contribution in [3.8, 4) is 16.9 Å². The van der Waals surface area contributed by atoms with Crippen LogP contribution < -0.4 is 10.1 Å². The van der Waals surface area contributed by atoms with E-state index >= 15 is 0 Å². The van der Waals surface area contributed by atoms with Crippen LogP contribution in [0.15, 0.2) is 47.8 Å². The average Bonchev–Trinajstić information content (AvgIpc) is 3.12. The molecule has 6 heteroatoms. The third-order valence-corrected chi connectivity index (χ3v) is 5.45. The lowest BCUT2D eigenvalue weighted by atomic mass is 9.97. The van der Waals surface area contributed by atoms with Gasteiger partial charge in [-0.3, -0.25) is 4.79 Å². The molecular weight excluding hydrogens is 398 g/mol. The van der Waals surface area contributed by atoms with Crippen LogP contribution >= 0.6 is 11.3 Å². The maximum absolute atomic E-state index is 12.9. The standard InChI is InChI=1S/C24H25NO4S/c1-14(2)29-18-8-6-7-17(12-18)22(26)25-23-21(24(27)28-5)20(13-30-23)19-11-15(3)9-10-16(19)4/h6-14H,1-5H3,(H,25,26). The van der Waals surface area contributed by atoms with Gasteiger partial charge in [-0.15, -0.1) is 11.3 Å². The molecule has 156 valence electrons. The second kappa shape index (κ2) is 9.13. The largest absolute Gasteiger partial charge is 0.491 e. The Morgan fingerprint density at radius 3 is 2.50 bits per heavy atom. The van der Waals surface area contributed by atoms with Crippen molar-refractivity contribution in [2.75, 3.05) is 12.4 Å². The summed E-state index contributed by atoms with van der Waals surface area (Å²) in [6.45, 7) is 7.85. The number of carbonyl (C=O) groups is 2. The zero-order valence-electron chi connectivity index (χ0n) is 17.7. The maximum Gasteiger partial charge on any atom is 0.341 e. The molecule has 2 aromatic carbocycles. The molecule has 3 rings (SSSR count). The minimum atomic E-state index is -0.487. The van der Waals surface area contributed by atoms with E-state index in [0.29, 0.717) is 21.9 Å². The summed E-state index contributed by atoms with van der Waals surface area (Å²) < 4.78 is 10.7. The molecule has 5 nitrogen and oxygen atoms in total. The molecule has 3 aromatic rings. The number of nitrogens with one attached hydrogen (secondary N) is 1. The van der Waals surface area contributed by atoms with Crippen LogP contribution in [0.3, 0.4) is 0 Å². The number of esters is 1. The number of amides is 1. The fourth-order valence-electron chi connectivity index (χ4n) is 3.14. The van der Waals surface area contributed by atoms with Crippen LogP contribution in [-0.4, -0.2) is 25.1 Å². The van der Waals surface area contributed by atoms with E-state index in [1.807, 2.05) is 51.3 Å². The topological polar surface area (TPSA) is 64.6 Å². The number of carbonyl (C=O) groups excluding carboxylic acids is 2. The summed E-state index contributed by atoms with van der Waals surface area (Å²) in [4.78, 5) is 25.5. The Balaban J connectivity index is 1.97. The number of hydrogen-bond acceptors (Lipinski definition) is 5. The van der Waals surface area contributed by atoms with Crippen molar-refractivity contribution in [2.24, 2.45) is 0 Å². The van der Waals surface area contributed by atoms with Crippen molar-refractivity contribution in [3.05, 3.63) is 70.1 Å². The number of benzene rings is 2. The number of methoxy groups -OCH3 is 1. The summed E-state index contributed by atoms with van der Waals surface area (Å²) in [5.74, 6) is -0.184. The predicted molar refractivity (Wildman–Crippen MR) is 121 cm³/mol. The van der Waals surface area contributed by atoms with Crippen molar-refractivity contribution in [1.29, 1.82) is 0 Å². The highest BCUT2D eigenvalue weighted by Crippen LogP contribution is 2.38. The monoisotopic (exact) mass is 423 g/mol. The quantitative estimate of drug-likeness (QED) is 0.505. The second-order valence-corrected chi connectivity index (χ2v) is 8.19. The predicted octanol–water partition coefficient (Wildman–Crippen LogP) is 5.86. The van der Waals surface area contributed by atoms with E-state index < -0.39 is 5.97 Å². The van der Waals surface area contributed by atoms with E-state index in [9.17, 15) is 9.59 Å². The van der Waals surface area contributed by atoms with Crippen LogP contribution in [0.25, 0.3) is 11.1 Å². The highest BCUT2D eigenvalue weighted by molar-refractivity contribution is 7.15. The Labute approximate surface area is 180 Å². The van der Waals surface area contributed by atoms with Gasteiger partial charge >= 0.3 is 5.97 Å². The molecule has 0 aliphatic heterocycles. The van der Waals surface area contributed by atoms with Crippen molar-refractivity contribution in [2.45, 2.75) is 33.8 Å². The van der Waals surface area contributed by atoms with Gasteiger partial charge in [-0.1, -0.05) is 29.8 Å². The van der Waals surface area contributed by atoms with Crippen molar-refractivity contribution in [1.82, 2.24) is 0 Å². The van der Waals surface area contributed by atoms with Gasteiger partial charge in [0.1, 0.15) is 16.3 Å². The van der Waals surface area contributed by atoms with Gasteiger partial charge in [0.05, 0.1) is 13.2 Å². The van der Waals surface area contributed by atoms with Crippen LogP contribution in [0.5, 0.6) is 5.75 Å². The maximum atomic E-state index is 12.9. The zero-order chi connectivity index (χ0) is 21.8. The third kappa shape index (κ3) is 4.71. The Bertz CT molecular complexity index is 1080. The third-order valence-electron chi connectivity index (χ3n) is 4.56. The Morgan fingerprint density at radius 2 is 1.80 bits per heavy atom. The summed E-state index contributed by atoms with van der Waals surface area (Å²) in [6, 6.07) is 13.0. The number of thiophene rings is 1. The summed E-state index contributed by atoms with van der Waals surface area (Å²) >= 11 is 1.30. The number of anilines is 1. The SMILES string of the molecule is COC(=O)c1c(-c2cc(C)ccc2C)csc1NC(=O)c1cccc(OC(C)C)c1. The minimum Gasteiger partial charge on any atom is -0.491 e. The van der Waals surface area contributed by atoms with E-state index in [0.717, 1.165) is 22.3 Å². The molecule has 0 spiro atoms. The fourth-order valence-corrected chi connectivity index (χ4v) is 4.08.